The molecule has 1 aliphatic carbocycles. The van der Waals surface area contributed by atoms with E-state index < -0.39 is 0 Å². The zero-order valence-electron chi connectivity index (χ0n) is 12.1. The van der Waals surface area contributed by atoms with Crippen molar-refractivity contribution in [2.45, 2.75) is 38.5 Å². The van der Waals surface area contributed by atoms with E-state index in [-0.39, 0.29) is 29.7 Å². The van der Waals surface area contributed by atoms with E-state index in [9.17, 15) is 9.18 Å². The van der Waals surface area contributed by atoms with Crippen LogP contribution in [-0.2, 0) is 20.8 Å². The van der Waals surface area contributed by atoms with Crippen LogP contribution in [-0.4, -0.2) is 18.6 Å². The number of carbonyl (C=O) groups is 1. The fourth-order valence-electron chi connectivity index (χ4n) is 3.25. The van der Waals surface area contributed by atoms with Crippen molar-refractivity contribution in [2.75, 3.05) is 6.54 Å². The maximum atomic E-state index is 14.2. The summed E-state index contributed by atoms with van der Waals surface area (Å²) in [6, 6.07) is 3.69. The summed E-state index contributed by atoms with van der Waals surface area (Å²) in [5.41, 5.74) is 3.14. The average Bonchev–Trinajstić information content (AvgIpc) is 2.96. The van der Waals surface area contributed by atoms with Crippen LogP contribution in [0.5, 0.6) is 0 Å². The molecule has 1 aromatic carbocycles. The normalized spacial score (nSPS) is 26.4. The van der Waals surface area contributed by atoms with Gasteiger partial charge in [0.05, 0.1) is 0 Å². The van der Waals surface area contributed by atoms with Crippen LogP contribution in [0.1, 0.15) is 48.8 Å². The number of halogens is 1. The molecule has 1 fully saturated rings. The molecule has 0 saturated carbocycles. The molecule has 0 bridgehead atoms. The predicted octanol–water partition coefficient (Wildman–Crippen LogP) is 2.14. The highest BCUT2D eigenvalue weighted by molar-refractivity contribution is 5.82. The Hall–Kier alpha value is -2.00. The molecule has 1 aromatic rings. The van der Waals surface area contributed by atoms with E-state index in [0.29, 0.717) is 18.0 Å². The Morgan fingerprint density at radius 1 is 1.24 bits per heavy atom. The molecule has 2 aliphatic rings. The second-order valence-electron chi connectivity index (χ2n) is 5.74. The van der Waals surface area contributed by atoms with E-state index in [4.69, 9.17) is 9.59 Å². The summed E-state index contributed by atoms with van der Waals surface area (Å²) in [6.07, 6.45) is 2.39. The zero-order chi connectivity index (χ0) is 15.6. The van der Waals surface area contributed by atoms with Crippen molar-refractivity contribution in [3.8, 4) is 0 Å². The lowest BCUT2D eigenvalue weighted by atomic mass is 9.87. The Bertz CT molecular complexity index is 593. The third-order valence-corrected chi connectivity index (χ3v) is 4.55. The lowest BCUT2D eigenvalue weighted by Crippen LogP contribution is -2.17. The second kappa shape index (κ2) is 6.19. The van der Waals surface area contributed by atoms with Gasteiger partial charge in [0, 0.05) is 18.4 Å². The number of hydrogen-bond donors (Lipinski definition) is 1. The maximum Gasteiger partial charge on any atom is 0.373 e. The van der Waals surface area contributed by atoms with Crippen LogP contribution >= 0.6 is 0 Å². The highest BCUT2D eigenvalue weighted by atomic mass is 19.1. The van der Waals surface area contributed by atoms with Gasteiger partial charge < -0.3 is 5.32 Å². The Kier molecular flexibility index (Phi) is 4.53. The quantitative estimate of drug-likeness (QED) is 0.862. The van der Waals surface area contributed by atoms with Crippen LogP contribution in [0.2, 0.25) is 0 Å². The number of fused-ring (bicyclic) bond motifs is 1. The molecule has 3 atom stereocenters. The zero-order valence-corrected chi connectivity index (χ0v) is 12.1. The summed E-state index contributed by atoms with van der Waals surface area (Å²) < 4.78 is 14.2. The van der Waals surface area contributed by atoms with Crippen molar-refractivity contribution < 1.29 is 18.8 Å². The van der Waals surface area contributed by atoms with Crippen LogP contribution in [0, 0.1) is 11.7 Å². The van der Waals surface area contributed by atoms with E-state index in [1.807, 2.05) is 13.0 Å². The first-order chi connectivity index (χ1) is 9.99. The predicted molar refractivity (Wildman–Crippen MR) is 73.1 cm³/mol. The van der Waals surface area contributed by atoms with Crippen molar-refractivity contribution >= 4 is 12.1 Å². The molecule has 1 unspecified atom stereocenters. The molecule has 0 spiro atoms. The number of carbonyl (C=O) groups excluding carboxylic acids is 3. The van der Waals surface area contributed by atoms with Gasteiger partial charge >= 0.3 is 6.15 Å². The summed E-state index contributed by atoms with van der Waals surface area (Å²) in [5.74, 6) is 0.212. The molecule has 112 valence electrons. The Morgan fingerprint density at radius 2 is 1.90 bits per heavy atom. The van der Waals surface area contributed by atoms with Gasteiger partial charge in [-0.15, -0.1) is 0 Å². The lowest BCUT2D eigenvalue weighted by molar-refractivity contribution is -0.191. The van der Waals surface area contributed by atoms with Crippen LogP contribution in [0.15, 0.2) is 12.1 Å². The molecule has 1 aliphatic heterocycles. The first kappa shape index (κ1) is 15.4. The smallest absolute Gasteiger partial charge is 0.355 e. The number of rotatable bonds is 1. The summed E-state index contributed by atoms with van der Waals surface area (Å²) in [4.78, 5) is 27.8. The minimum atomic E-state index is -0.143. The number of amides is 1. The summed E-state index contributed by atoms with van der Waals surface area (Å²) in [5, 5.41) is 2.82. The first-order valence-corrected chi connectivity index (χ1v) is 7.08. The summed E-state index contributed by atoms with van der Waals surface area (Å²) >= 11 is 0. The van der Waals surface area contributed by atoms with Crippen molar-refractivity contribution in [3.05, 3.63) is 34.6 Å². The minimum Gasteiger partial charge on any atom is -0.355 e. The number of benzene rings is 1. The molecular formula is C16H18FNO3. The lowest BCUT2D eigenvalue weighted by Gasteiger charge is -2.16. The van der Waals surface area contributed by atoms with Crippen molar-refractivity contribution in [1.29, 1.82) is 0 Å². The second-order valence-corrected chi connectivity index (χ2v) is 5.74. The molecule has 0 radical (unpaired) electrons. The van der Waals surface area contributed by atoms with Gasteiger partial charge in [-0.1, -0.05) is 19.9 Å². The molecule has 21 heavy (non-hydrogen) atoms. The van der Waals surface area contributed by atoms with Crippen LogP contribution in [0.25, 0.3) is 0 Å². The van der Waals surface area contributed by atoms with E-state index >= 15 is 0 Å². The van der Waals surface area contributed by atoms with E-state index in [2.05, 4.69) is 12.2 Å². The van der Waals surface area contributed by atoms with Gasteiger partial charge in [-0.25, -0.2) is 4.39 Å². The SMILES string of the molecule is CC1CCc2cc([C@@H]3CNC(=O)[C@H]3C)c(F)cc21.O=C=O. The molecule has 4 nitrogen and oxygen atoms in total. The highest BCUT2D eigenvalue weighted by Crippen LogP contribution is 2.38. The molecule has 1 N–H and O–H groups in total. The van der Waals surface area contributed by atoms with Gasteiger partial charge in [0.2, 0.25) is 5.91 Å². The number of hydrogen-bond acceptors (Lipinski definition) is 3. The summed E-state index contributed by atoms with van der Waals surface area (Å²) in [7, 11) is 0. The van der Waals surface area contributed by atoms with E-state index in [0.717, 1.165) is 18.4 Å². The molecule has 1 amide bonds. The van der Waals surface area contributed by atoms with Gasteiger partial charge in [0.15, 0.2) is 0 Å². The molecule has 1 heterocycles. The van der Waals surface area contributed by atoms with E-state index in [1.165, 1.54) is 5.56 Å². The fraction of sp³-hybridized carbons (Fsp3) is 0.500. The monoisotopic (exact) mass is 291 g/mol. The van der Waals surface area contributed by atoms with Gasteiger partial charge in [0.1, 0.15) is 5.82 Å². The Morgan fingerprint density at radius 3 is 2.48 bits per heavy atom. The van der Waals surface area contributed by atoms with Crippen LogP contribution in [0.3, 0.4) is 0 Å². The maximum absolute atomic E-state index is 14.2. The summed E-state index contributed by atoms with van der Waals surface area (Å²) in [6.45, 7) is 4.59. The third-order valence-electron chi connectivity index (χ3n) is 4.55. The largest absolute Gasteiger partial charge is 0.373 e. The van der Waals surface area contributed by atoms with Gasteiger partial charge in [-0.2, -0.15) is 9.59 Å². The topological polar surface area (TPSA) is 63.2 Å². The van der Waals surface area contributed by atoms with Gasteiger partial charge in [-0.05, 0) is 41.5 Å². The number of aryl methyl sites for hydroxylation is 1. The molecule has 5 heteroatoms. The van der Waals surface area contributed by atoms with Crippen molar-refractivity contribution in [1.82, 2.24) is 5.32 Å². The fourth-order valence-corrected chi connectivity index (χ4v) is 3.25. The minimum absolute atomic E-state index is 0.0151. The van der Waals surface area contributed by atoms with Crippen molar-refractivity contribution in [2.24, 2.45) is 5.92 Å². The van der Waals surface area contributed by atoms with Crippen molar-refractivity contribution in [3.63, 3.8) is 0 Å². The molecular weight excluding hydrogens is 273 g/mol. The molecule has 3 rings (SSSR count). The number of nitrogens with one attached hydrogen (secondary N) is 1. The standard InChI is InChI=1S/C15H18FNO.CO2/c1-8-3-4-10-5-12(14(16)6-11(8)10)13-7-17-15(18)9(13)2;2-1-3/h5-6,8-9,13H,3-4,7H2,1-2H3,(H,17,18);/t8?,9-,13+;/m0./s1. The Labute approximate surface area is 122 Å². The van der Waals surface area contributed by atoms with E-state index in [1.54, 1.807) is 6.07 Å². The van der Waals surface area contributed by atoms with Crippen LogP contribution < -0.4 is 5.32 Å². The Balaban J connectivity index is 0.000000497. The average molecular weight is 291 g/mol. The highest BCUT2D eigenvalue weighted by Gasteiger charge is 2.34. The first-order valence-electron chi connectivity index (χ1n) is 7.08. The molecule has 1 saturated heterocycles. The van der Waals surface area contributed by atoms with Crippen LogP contribution in [0.4, 0.5) is 4.39 Å². The third kappa shape index (κ3) is 2.88. The van der Waals surface area contributed by atoms with Gasteiger partial charge in [0.25, 0.3) is 0 Å². The van der Waals surface area contributed by atoms with Gasteiger partial charge in [-0.3, -0.25) is 4.79 Å². The molecule has 0 aromatic heterocycles.